The van der Waals surface area contributed by atoms with Crippen LogP contribution in [0.25, 0.3) is 0 Å². The molecule has 0 aromatic heterocycles. The van der Waals surface area contributed by atoms with Gasteiger partial charge in [0, 0.05) is 45.1 Å². The van der Waals surface area contributed by atoms with E-state index in [2.05, 4.69) is 77.9 Å². The molecule has 0 amide bonds. The van der Waals surface area contributed by atoms with Gasteiger partial charge in [-0.3, -0.25) is 0 Å². The molecular formula is C76H146N6O6. The average molecular weight is 1240 g/mol. The summed E-state index contributed by atoms with van der Waals surface area (Å²) in [4.78, 5) is 0. The molecule has 0 heterocycles. The molecule has 0 radical (unpaired) electrons. The monoisotopic (exact) mass is 1240 g/mol. The van der Waals surface area contributed by atoms with E-state index in [4.69, 9.17) is 34.4 Å². The number of hydrogen-bond donors (Lipinski definition) is 12. The summed E-state index contributed by atoms with van der Waals surface area (Å²) in [6.07, 6.45) is 4.71. The third-order valence-corrected chi connectivity index (χ3v) is 16.6. The molecule has 0 bridgehead atoms. The molecule has 7 atom stereocenters. The van der Waals surface area contributed by atoms with Crippen LogP contribution in [0.4, 0.5) is 0 Å². The maximum Gasteiger partial charge on any atom is 0.0666 e. The van der Waals surface area contributed by atoms with Gasteiger partial charge in [-0.15, -0.1) is 0 Å². The Morgan fingerprint density at radius 1 is 0.330 bits per heavy atom. The highest BCUT2D eigenvalue weighted by Crippen LogP contribution is 2.46. The van der Waals surface area contributed by atoms with E-state index >= 15 is 0 Å². The smallest absolute Gasteiger partial charge is 0.0666 e. The van der Waals surface area contributed by atoms with Gasteiger partial charge in [-0.05, 0) is 262 Å². The standard InChI is InChI=1S/C20H27NO.C15H25NO.C12H27NO.C11H25NO.2C9H21NO/c1-19(2,21)17(15-11-7-5-8-12-15)18(20(3,4)22)16-13-9-6-10-14-16;1-14(2,17)11-13(15(3,4)16)10-12-8-6-5-7-9-12;1-10(2,3)9(12(6,7)13)8-11(4,5)14;1-8(2)9(11(5,6)12)7-10(3,4)13;1-7(9(4,5)10)6-8(2,3)11;1-7(9(4,5)11)6-8(2,3)10/h5-14,17-18,22H,21H2,1-4H3;5-9,13,17H,10-11,16H2,1-4H3;9,14H,8,13H2,1-7H3;8-9,13H,7,12H2,1-6H3;2*7,11H,6,10H2,1-5H3/t17-,18+;13-;2*9-;2*7-/m001101/s1. The van der Waals surface area contributed by atoms with E-state index in [1.807, 2.05) is 228 Å². The summed E-state index contributed by atoms with van der Waals surface area (Å²) in [5, 5.41) is 59.5. The second-order valence-corrected chi connectivity index (χ2v) is 35.4. The van der Waals surface area contributed by atoms with Crippen LogP contribution >= 0.6 is 0 Å². The van der Waals surface area contributed by atoms with Gasteiger partial charge < -0.3 is 65.0 Å². The molecule has 3 aromatic carbocycles. The van der Waals surface area contributed by atoms with Crippen LogP contribution in [0.3, 0.4) is 0 Å². The predicted octanol–water partition coefficient (Wildman–Crippen LogP) is 14.6. The van der Waals surface area contributed by atoms with Crippen molar-refractivity contribution < 1.29 is 30.6 Å². The predicted molar refractivity (Wildman–Crippen MR) is 382 cm³/mol. The van der Waals surface area contributed by atoms with Gasteiger partial charge in [-0.1, -0.05) is 139 Å². The van der Waals surface area contributed by atoms with E-state index in [9.17, 15) is 30.6 Å². The van der Waals surface area contributed by atoms with Gasteiger partial charge in [0.2, 0.25) is 0 Å². The van der Waals surface area contributed by atoms with E-state index < -0.39 is 39.1 Å². The summed E-state index contributed by atoms with van der Waals surface area (Å²) < 4.78 is 0. The molecule has 0 spiro atoms. The second-order valence-electron chi connectivity index (χ2n) is 35.4. The summed E-state index contributed by atoms with van der Waals surface area (Å²) in [5.74, 6) is 1.93. The zero-order valence-corrected chi connectivity index (χ0v) is 62.7. The minimum Gasteiger partial charge on any atom is -0.390 e. The maximum atomic E-state index is 10.9. The average Bonchev–Trinajstić information content (AvgIpc) is 1.79. The first-order valence-electron chi connectivity index (χ1n) is 32.7. The van der Waals surface area contributed by atoms with Crippen molar-refractivity contribution in [2.75, 3.05) is 0 Å². The third kappa shape index (κ3) is 43.1. The highest BCUT2D eigenvalue weighted by Gasteiger charge is 2.43. The maximum absolute atomic E-state index is 10.9. The largest absolute Gasteiger partial charge is 0.390 e. The quantitative estimate of drug-likeness (QED) is 0.0422. The fraction of sp³-hybridized carbons (Fsp3) is 0.763. The molecule has 0 aliphatic heterocycles. The van der Waals surface area contributed by atoms with E-state index in [1.165, 1.54) is 5.56 Å². The van der Waals surface area contributed by atoms with Crippen molar-refractivity contribution in [1.82, 2.24) is 0 Å². The Kier molecular flexibility index (Phi) is 35.4. The van der Waals surface area contributed by atoms with Crippen molar-refractivity contribution in [2.24, 2.45) is 75.3 Å². The van der Waals surface area contributed by atoms with E-state index in [1.54, 1.807) is 0 Å². The number of rotatable bonds is 23. The second kappa shape index (κ2) is 34.9. The first-order valence-corrected chi connectivity index (χ1v) is 32.7. The van der Waals surface area contributed by atoms with Crippen LogP contribution in [-0.4, -0.2) is 97.5 Å². The van der Waals surface area contributed by atoms with Gasteiger partial charge in [-0.25, -0.2) is 0 Å². The first-order chi connectivity index (χ1) is 38.5. The van der Waals surface area contributed by atoms with Crippen molar-refractivity contribution in [1.29, 1.82) is 0 Å². The SMILES string of the molecule is CC(C)(N)[C@@H](c1ccccc1)[C@@H](c1ccccc1)C(C)(C)O.CC(C)(O)C[C@H](C(C)(C)C)C(C)(C)N.CC(C)(O)C[C@H](Cc1ccccc1)C(C)(C)N.CC(C)[C@@H](CC(C)(C)O)C(C)(C)N.C[C@@H](CC(C)(C)O)C(C)(C)N.C[C@H](CC(C)(C)N)C(C)(C)O. The topological polar surface area (TPSA) is 278 Å². The molecule has 18 N–H and O–H groups in total. The van der Waals surface area contributed by atoms with Crippen LogP contribution in [0, 0.1) is 40.9 Å². The first kappa shape index (κ1) is 89.4. The van der Waals surface area contributed by atoms with Crippen molar-refractivity contribution in [3.63, 3.8) is 0 Å². The molecule has 0 saturated carbocycles. The fourth-order valence-corrected chi connectivity index (χ4v) is 11.6. The Morgan fingerprint density at radius 2 is 0.670 bits per heavy atom. The van der Waals surface area contributed by atoms with Gasteiger partial charge in [-0.2, -0.15) is 0 Å². The van der Waals surface area contributed by atoms with E-state index in [0.717, 1.165) is 43.2 Å². The normalized spacial score (nSPS) is 16.0. The van der Waals surface area contributed by atoms with Crippen molar-refractivity contribution in [3.05, 3.63) is 108 Å². The lowest BCUT2D eigenvalue weighted by atomic mass is 9.66. The molecular weight excluding hydrogens is 1090 g/mol. The van der Waals surface area contributed by atoms with E-state index in [0.29, 0.717) is 30.1 Å². The van der Waals surface area contributed by atoms with Crippen LogP contribution < -0.4 is 34.4 Å². The lowest BCUT2D eigenvalue weighted by Gasteiger charge is -2.43. The Bertz CT molecular complexity index is 2170. The van der Waals surface area contributed by atoms with Crippen LogP contribution in [0.1, 0.15) is 275 Å². The van der Waals surface area contributed by atoms with Gasteiger partial charge >= 0.3 is 0 Å². The minimum atomic E-state index is -0.876. The molecule has 0 fully saturated rings. The molecule has 0 aliphatic carbocycles. The molecule has 516 valence electrons. The van der Waals surface area contributed by atoms with Gasteiger partial charge in [0.15, 0.2) is 0 Å². The van der Waals surface area contributed by atoms with Gasteiger partial charge in [0.1, 0.15) is 0 Å². The van der Waals surface area contributed by atoms with Crippen molar-refractivity contribution >= 4 is 0 Å². The number of benzene rings is 3. The Morgan fingerprint density at radius 3 is 0.864 bits per heavy atom. The lowest BCUT2D eigenvalue weighted by Crippen LogP contribution is -2.49. The Balaban J connectivity index is -0.00000101. The zero-order chi connectivity index (χ0) is 70.7. The molecule has 88 heavy (non-hydrogen) atoms. The zero-order valence-electron chi connectivity index (χ0n) is 62.7. The molecule has 12 heteroatoms. The molecule has 0 unspecified atom stereocenters. The number of aliphatic hydroxyl groups is 6. The lowest BCUT2D eigenvalue weighted by molar-refractivity contribution is 0.00735. The molecule has 12 nitrogen and oxygen atoms in total. The van der Waals surface area contributed by atoms with Crippen LogP contribution in [0.5, 0.6) is 0 Å². The van der Waals surface area contributed by atoms with Crippen LogP contribution in [-0.2, 0) is 6.42 Å². The Labute approximate surface area is 543 Å². The summed E-state index contributed by atoms with van der Waals surface area (Å²) in [7, 11) is 0. The van der Waals surface area contributed by atoms with Crippen molar-refractivity contribution in [3.8, 4) is 0 Å². The molecule has 3 rings (SSSR count). The fourth-order valence-electron chi connectivity index (χ4n) is 11.6. The van der Waals surface area contributed by atoms with E-state index in [-0.39, 0.29) is 56.8 Å². The molecule has 3 aromatic rings. The van der Waals surface area contributed by atoms with Gasteiger partial charge in [0.25, 0.3) is 0 Å². The molecule has 0 saturated heterocycles. The highest BCUT2D eigenvalue weighted by atomic mass is 16.3. The summed E-state index contributed by atoms with van der Waals surface area (Å²) in [6.45, 7) is 61.2. The van der Waals surface area contributed by atoms with Gasteiger partial charge in [0.05, 0.1) is 33.6 Å². The highest BCUT2D eigenvalue weighted by molar-refractivity contribution is 5.34. The van der Waals surface area contributed by atoms with Crippen molar-refractivity contribution in [2.45, 2.75) is 332 Å². The summed E-state index contributed by atoms with van der Waals surface area (Å²) >= 11 is 0. The van der Waals surface area contributed by atoms with Crippen LogP contribution in [0.2, 0.25) is 0 Å². The third-order valence-electron chi connectivity index (χ3n) is 16.6. The van der Waals surface area contributed by atoms with Crippen LogP contribution in [0.15, 0.2) is 91.0 Å². The number of nitrogens with two attached hydrogens (primary N) is 6. The minimum absolute atomic E-state index is 0.0103. The summed E-state index contributed by atoms with van der Waals surface area (Å²) in [5.41, 5.74) is 34.8. The summed E-state index contributed by atoms with van der Waals surface area (Å²) in [6, 6.07) is 30.8. The Hall–Kier alpha value is -2.82. The number of hydrogen-bond acceptors (Lipinski definition) is 12. The molecule has 0 aliphatic rings.